The molecule has 680 valence electrons. The molecule has 6 aromatic carbocycles. The zero-order valence-corrected chi connectivity index (χ0v) is 69.5. The van der Waals surface area contributed by atoms with Gasteiger partial charge in [-0.25, -0.2) is 0 Å². The van der Waals surface area contributed by atoms with Crippen LogP contribution < -0.4 is 74.5 Å². The molecule has 3 saturated carbocycles. The van der Waals surface area contributed by atoms with Crippen LogP contribution in [0.15, 0.2) is 127 Å². The van der Waals surface area contributed by atoms with E-state index < -0.39 is 67.0 Å². The Bertz CT molecular complexity index is 4520. The summed E-state index contributed by atoms with van der Waals surface area (Å²) >= 11 is 16.1. The predicted octanol–water partition coefficient (Wildman–Crippen LogP) is 19.3. The summed E-state index contributed by atoms with van der Waals surface area (Å²) in [6.45, 7) is 9.14. The lowest BCUT2D eigenvalue weighted by atomic mass is 9.98. The second-order valence-corrected chi connectivity index (χ2v) is 31.1. The van der Waals surface area contributed by atoms with Crippen LogP contribution in [-0.2, 0) is 11.2 Å². The summed E-state index contributed by atoms with van der Waals surface area (Å²) in [6, 6.07) is 27.1. The molecular formula is C83H93F17N8O13S3. The molecule has 0 aromatic heterocycles. The van der Waals surface area contributed by atoms with E-state index >= 15 is 0 Å². The van der Waals surface area contributed by atoms with Gasteiger partial charge in [0, 0.05) is 101 Å². The van der Waals surface area contributed by atoms with E-state index in [4.69, 9.17) is 55.6 Å². The molecule has 6 atom stereocenters. The standard InChI is InChI=1S/C29H33F6N3O4S.C28H33F5N4O5S.C26H27F6NO4S/c30-28(31,32)41-23-7-4-6-19(17-23)36-27(43)37-20-9-10-21(16-20)40-22-11-12-26(42-29(33,34)35)24(18-22)25(39)8-5-15-38-13-2-1-3-14-38;1-27(29,30)41-22-7-8-24(23(17-22)25(38)34-9-10-37-11-13-39-14-12-37)40-20-6-5-19(15-20)36-26(43)35-18-3-2-4-21(16-18)42-28(31,32)33;1-2-10-33-24(34)22-15-20(37-26(30,31)32)8-9-23(22)35-18-7-6-17(11-18)14-21(38)13-16-4-3-5-19(12-16)36-25(27,28)29/h4,6-7,11-12,17-18,20-21H,1-3,5,8-10,13-16H2,(H2,36,37,43);2-4,7-8,16-17,19-20H,5-6,9-15H2,1H3,(H,34,38)(H2,35,36,43);3-5,8-9,12,15,17-18H,2,6-7,10-11,13-14H2,1H3,(H,33,34). The Morgan fingerprint density at radius 3 is 1.41 bits per heavy atom. The Morgan fingerprint density at radius 2 is 0.895 bits per heavy atom. The van der Waals surface area contributed by atoms with Gasteiger partial charge in [0.15, 0.2) is 16.0 Å². The monoisotopic (exact) mass is 1830 g/mol. The van der Waals surface area contributed by atoms with Gasteiger partial charge in [0.05, 0.1) is 36.0 Å². The van der Waals surface area contributed by atoms with E-state index in [1.54, 1.807) is 12.1 Å². The molecule has 41 heteroatoms. The van der Waals surface area contributed by atoms with Crippen molar-refractivity contribution in [1.29, 1.82) is 0 Å². The fourth-order valence-electron chi connectivity index (χ4n) is 14.4. The van der Waals surface area contributed by atoms with Crippen molar-refractivity contribution in [2.45, 2.75) is 191 Å². The van der Waals surface area contributed by atoms with Gasteiger partial charge in [0.1, 0.15) is 64.0 Å². The highest BCUT2D eigenvalue weighted by Crippen LogP contribution is 2.39. The number of nitrogens with one attached hydrogen (secondary N) is 6. The maximum absolute atomic E-state index is 13.5. The molecule has 2 aliphatic heterocycles. The molecule has 6 aromatic rings. The molecule has 5 fully saturated rings. The van der Waals surface area contributed by atoms with Crippen molar-refractivity contribution in [2.75, 3.05) is 76.2 Å². The van der Waals surface area contributed by atoms with Crippen LogP contribution in [0.2, 0.25) is 0 Å². The summed E-state index contributed by atoms with van der Waals surface area (Å²) < 4.78 is 265. The number of anilines is 2. The number of hydrogen-bond acceptors (Lipinski definition) is 18. The third-order valence-corrected chi connectivity index (χ3v) is 20.4. The average Bonchev–Trinajstić information content (AvgIpc) is 1.07. The minimum atomic E-state index is -4.95. The molecule has 3 aliphatic carbocycles. The number of hydrogen-bond donors (Lipinski definition) is 6. The van der Waals surface area contributed by atoms with Gasteiger partial charge in [-0.3, -0.25) is 19.3 Å². The van der Waals surface area contributed by atoms with Gasteiger partial charge in [-0.2, -0.15) is 8.78 Å². The lowest BCUT2D eigenvalue weighted by molar-refractivity contribution is -0.275. The molecule has 0 bridgehead atoms. The summed E-state index contributed by atoms with van der Waals surface area (Å²) in [4.78, 5) is 43.7. The SMILES string of the molecule is CC(F)(F)Oc1ccc(OC2CCC(NC(=S)Nc3cccc(OC(F)(F)F)c3)C2)c(C(=O)NCCN2CCOCC2)c1.CCCNC(=O)c1cc(OC(F)(F)F)ccc1OC1CCC(CC(=S)Cc2cccc(OC(F)(F)F)c2)C1.O=C(CCCN1CCCCC1)c1cc(OC2CCC(NC(=S)Nc3cccc(OC(F)(F)F)c3)C2)ccc1OC(F)(F)F. The zero-order chi connectivity index (χ0) is 90.0. The number of carbonyl (C=O) groups excluding carboxylic acids is 3. The highest BCUT2D eigenvalue weighted by molar-refractivity contribution is 7.80. The first-order chi connectivity index (χ1) is 58.5. The summed E-state index contributed by atoms with van der Waals surface area (Å²) in [5.74, 6) is -3.04. The average molecular weight is 1830 g/mol. The van der Waals surface area contributed by atoms with Crippen molar-refractivity contribution in [3.05, 3.63) is 150 Å². The Hall–Kier alpha value is -9.71. The molecule has 2 amide bonds. The molecular weight excluding hydrogens is 1740 g/mol. The Labute approximate surface area is 719 Å². The number of thiocarbonyl (C=S) groups is 3. The van der Waals surface area contributed by atoms with Crippen molar-refractivity contribution in [3.63, 3.8) is 0 Å². The molecule has 2 heterocycles. The van der Waals surface area contributed by atoms with Gasteiger partial charge in [-0.15, -0.1) is 65.9 Å². The van der Waals surface area contributed by atoms with Gasteiger partial charge in [-0.1, -0.05) is 49.8 Å². The first-order valence-corrected chi connectivity index (χ1v) is 41.0. The fraction of sp³-hybridized carbons (Fsp3) is 0.494. The lowest BCUT2D eigenvalue weighted by Crippen LogP contribution is -2.41. The van der Waals surface area contributed by atoms with Crippen molar-refractivity contribution >= 4 is 80.7 Å². The molecule has 6 N–H and O–H groups in total. The summed E-state index contributed by atoms with van der Waals surface area (Å²) in [5, 5.41) is 17.8. The van der Waals surface area contributed by atoms with E-state index in [1.165, 1.54) is 103 Å². The fourth-order valence-corrected chi connectivity index (χ4v) is 15.3. The van der Waals surface area contributed by atoms with Crippen LogP contribution in [0, 0.1) is 5.92 Å². The Balaban J connectivity index is 0.000000211. The summed E-state index contributed by atoms with van der Waals surface area (Å²) in [6.07, 6.45) is -17.5. The third-order valence-electron chi connectivity index (χ3n) is 19.6. The highest BCUT2D eigenvalue weighted by Gasteiger charge is 2.39. The maximum atomic E-state index is 13.5. The second kappa shape index (κ2) is 45.4. The number of piperidine rings is 1. The predicted molar refractivity (Wildman–Crippen MR) is 435 cm³/mol. The molecule has 21 nitrogen and oxygen atoms in total. The van der Waals surface area contributed by atoms with E-state index in [9.17, 15) is 89.0 Å². The summed E-state index contributed by atoms with van der Waals surface area (Å²) in [5.41, 5.74) is 1.06. The number of alkyl halides is 17. The smallest absolute Gasteiger partial charge is 0.490 e. The number of benzene rings is 6. The van der Waals surface area contributed by atoms with Gasteiger partial charge < -0.3 is 84.2 Å². The van der Waals surface area contributed by atoms with E-state index in [-0.39, 0.29) is 110 Å². The number of ketones is 1. The quantitative estimate of drug-likeness (QED) is 0.0128. The van der Waals surface area contributed by atoms with Crippen LogP contribution in [0.3, 0.4) is 0 Å². The molecule has 0 spiro atoms. The normalized spacial score (nSPS) is 18.9. The lowest BCUT2D eigenvalue weighted by Gasteiger charge is -2.26. The van der Waals surface area contributed by atoms with Crippen LogP contribution in [0.4, 0.5) is 86.0 Å². The minimum absolute atomic E-state index is 0.0554. The number of Topliss-reactive ketones (excluding diaryl/α,β-unsaturated/α-hetero) is 1. The first-order valence-electron chi connectivity index (χ1n) is 39.8. The van der Waals surface area contributed by atoms with Gasteiger partial charge >= 0.3 is 37.9 Å². The summed E-state index contributed by atoms with van der Waals surface area (Å²) in [7, 11) is 0. The number of rotatable bonds is 33. The topological polar surface area (TPSA) is 222 Å². The van der Waals surface area contributed by atoms with E-state index in [0.29, 0.717) is 145 Å². The number of likely N-dealkylation sites (tertiary alicyclic amines) is 1. The number of morpholine rings is 1. The molecule has 124 heavy (non-hydrogen) atoms. The third kappa shape index (κ3) is 36.1. The van der Waals surface area contributed by atoms with E-state index in [2.05, 4.69) is 70.1 Å². The van der Waals surface area contributed by atoms with Crippen molar-refractivity contribution in [1.82, 2.24) is 31.1 Å². The van der Waals surface area contributed by atoms with Crippen molar-refractivity contribution in [2.24, 2.45) is 5.92 Å². The van der Waals surface area contributed by atoms with Crippen LogP contribution in [-0.4, -0.2) is 176 Å². The van der Waals surface area contributed by atoms with Gasteiger partial charge in [0.2, 0.25) is 0 Å². The molecule has 6 unspecified atom stereocenters. The van der Waals surface area contributed by atoms with Crippen LogP contribution in [0.1, 0.15) is 153 Å². The Kier molecular flexibility index (Phi) is 35.9. The molecule has 0 radical (unpaired) electrons. The molecule has 5 aliphatic rings. The molecule has 2 saturated heterocycles. The van der Waals surface area contributed by atoms with Crippen molar-refractivity contribution in [3.8, 4) is 51.7 Å². The van der Waals surface area contributed by atoms with E-state index in [0.717, 1.165) is 63.6 Å². The highest BCUT2D eigenvalue weighted by atomic mass is 32.1. The van der Waals surface area contributed by atoms with Crippen molar-refractivity contribution < 1.29 is 136 Å². The number of ether oxygens (including phenoxy) is 10. The second-order valence-electron chi connectivity index (χ2n) is 29.8. The van der Waals surface area contributed by atoms with E-state index in [1.807, 2.05) is 6.92 Å². The van der Waals surface area contributed by atoms with Gasteiger partial charge in [0.25, 0.3) is 11.8 Å². The maximum Gasteiger partial charge on any atom is 0.573 e. The first kappa shape index (κ1) is 98.1. The number of nitrogens with zero attached hydrogens (tertiary/aromatic N) is 2. The number of carbonyl (C=O) groups is 3. The zero-order valence-electron chi connectivity index (χ0n) is 67.0. The molecule has 11 rings (SSSR count). The largest absolute Gasteiger partial charge is 0.573 e. The Morgan fingerprint density at radius 1 is 0.452 bits per heavy atom. The minimum Gasteiger partial charge on any atom is -0.490 e. The number of halogens is 17. The van der Waals surface area contributed by atoms with Crippen LogP contribution >= 0.6 is 36.7 Å². The van der Waals surface area contributed by atoms with Gasteiger partial charge in [-0.05, 0) is 228 Å². The van der Waals surface area contributed by atoms with Crippen LogP contribution in [0.5, 0.6) is 51.7 Å². The number of amides is 2. The van der Waals surface area contributed by atoms with Crippen LogP contribution in [0.25, 0.3) is 0 Å².